The van der Waals surface area contributed by atoms with E-state index < -0.39 is 5.82 Å². The first-order valence-electron chi connectivity index (χ1n) is 5.94. The van der Waals surface area contributed by atoms with Crippen molar-refractivity contribution < 1.29 is 9.13 Å². The molecule has 0 saturated heterocycles. The Kier molecular flexibility index (Phi) is 3.82. The molecule has 0 unspecified atom stereocenters. The number of hydrogen-bond donors (Lipinski definition) is 1. The van der Waals surface area contributed by atoms with E-state index in [1.807, 2.05) is 12.1 Å². The van der Waals surface area contributed by atoms with Gasteiger partial charge in [0.1, 0.15) is 18.2 Å². The van der Waals surface area contributed by atoms with Gasteiger partial charge in [-0.25, -0.2) is 4.39 Å². The topological polar surface area (TPSA) is 35.2 Å². The van der Waals surface area contributed by atoms with Crippen LogP contribution < -0.4 is 10.5 Å². The second kappa shape index (κ2) is 5.54. The highest BCUT2D eigenvalue weighted by Gasteiger charge is 2.01. The molecule has 94 valence electrons. The molecular formula is C15H16FNO. The summed E-state index contributed by atoms with van der Waals surface area (Å²) in [6.45, 7) is 2.57. The van der Waals surface area contributed by atoms with Gasteiger partial charge in [-0.2, -0.15) is 0 Å². The first-order chi connectivity index (χ1) is 8.69. The van der Waals surface area contributed by atoms with Crippen molar-refractivity contribution >= 4 is 5.69 Å². The third kappa shape index (κ3) is 3.00. The summed E-state index contributed by atoms with van der Waals surface area (Å²) in [4.78, 5) is 0. The molecule has 0 bridgehead atoms. The minimum atomic E-state index is -0.421. The van der Waals surface area contributed by atoms with E-state index in [1.165, 1.54) is 17.7 Å². The zero-order valence-corrected chi connectivity index (χ0v) is 10.3. The van der Waals surface area contributed by atoms with E-state index >= 15 is 0 Å². The van der Waals surface area contributed by atoms with Crippen molar-refractivity contribution in [1.29, 1.82) is 0 Å². The number of anilines is 1. The summed E-state index contributed by atoms with van der Waals surface area (Å²) in [6, 6.07) is 12.6. The molecule has 18 heavy (non-hydrogen) atoms. The molecule has 0 radical (unpaired) electrons. The number of halogens is 1. The Morgan fingerprint density at radius 3 is 2.61 bits per heavy atom. The van der Waals surface area contributed by atoms with Crippen LogP contribution >= 0.6 is 0 Å². The normalized spacial score (nSPS) is 10.3. The Hall–Kier alpha value is -2.03. The first kappa shape index (κ1) is 12.4. The number of benzene rings is 2. The van der Waals surface area contributed by atoms with Gasteiger partial charge in [-0.15, -0.1) is 0 Å². The third-order valence-electron chi connectivity index (χ3n) is 2.77. The molecule has 3 heteroatoms. The number of nitrogens with two attached hydrogens (primary N) is 1. The van der Waals surface area contributed by atoms with E-state index in [9.17, 15) is 4.39 Å². The van der Waals surface area contributed by atoms with Crippen LogP contribution in [-0.2, 0) is 13.0 Å². The molecular weight excluding hydrogens is 229 g/mol. The lowest BCUT2D eigenvalue weighted by Gasteiger charge is -2.08. The molecule has 0 atom stereocenters. The fourth-order valence-corrected chi connectivity index (χ4v) is 1.72. The Balaban J connectivity index is 2.04. The summed E-state index contributed by atoms with van der Waals surface area (Å²) in [5.41, 5.74) is 7.95. The SMILES string of the molecule is CCc1cccc(COc2ccc(F)c(N)c2)c1. The summed E-state index contributed by atoms with van der Waals surface area (Å²) < 4.78 is 18.6. The highest BCUT2D eigenvalue weighted by atomic mass is 19.1. The van der Waals surface area contributed by atoms with Crippen molar-refractivity contribution in [1.82, 2.24) is 0 Å². The van der Waals surface area contributed by atoms with Gasteiger partial charge in [0.25, 0.3) is 0 Å². The van der Waals surface area contributed by atoms with Gasteiger partial charge >= 0.3 is 0 Å². The molecule has 2 aromatic rings. The van der Waals surface area contributed by atoms with Crippen LogP contribution in [0.5, 0.6) is 5.75 Å². The van der Waals surface area contributed by atoms with E-state index in [1.54, 1.807) is 6.07 Å². The van der Waals surface area contributed by atoms with Gasteiger partial charge in [0, 0.05) is 6.07 Å². The van der Waals surface area contributed by atoms with E-state index in [0.29, 0.717) is 12.4 Å². The number of rotatable bonds is 4. The number of nitrogen functional groups attached to an aromatic ring is 1. The van der Waals surface area contributed by atoms with Gasteiger partial charge in [0.05, 0.1) is 5.69 Å². The zero-order valence-electron chi connectivity index (χ0n) is 10.3. The van der Waals surface area contributed by atoms with Gasteiger partial charge in [0.2, 0.25) is 0 Å². The molecule has 2 nitrogen and oxygen atoms in total. The quantitative estimate of drug-likeness (QED) is 0.836. The van der Waals surface area contributed by atoms with Crippen LogP contribution in [0.1, 0.15) is 18.1 Å². The second-order valence-corrected chi connectivity index (χ2v) is 4.15. The van der Waals surface area contributed by atoms with E-state index in [2.05, 4.69) is 19.1 Å². The molecule has 2 N–H and O–H groups in total. The van der Waals surface area contributed by atoms with E-state index in [4.69, 9.17) is 10.5 Å². The summed E-state index contributed by atoms with van der Waals surface area (Å²) in [6.07, 6.45) is 0.997. The highest BCUT2D eigenvalue weighted by molar-refractivity contribution is 5.45. The standard InChI is InChI=1S/C15H16FNO/c1-2-11-4-3-5-12(8-11)10-18-13-6-7-14(16)15(17)9-13/h3-9H,2,10,17H2,1H3. The fraction of sp³-hybridized carbons (Fsp3) is 0.200. The lowest BCUT2D eigenvalue weighted by molar-refractivity contribution is 0.306. The fourth-order valence-electron chi connectivity index (χ4n) is 1.72. The minimum Gasteiger partial charge on any atom is -0.489 e. The zero-order chi connectivity index (χ0) is 13.0. The average molecular weight is 245 g/mol. The van der Waals surface area contributed by atoms with Crippen molar-refractivity contribution in [2.24, 2.45) is 0 Å². The lowest BCUT2D eigenvalue weighted by Crippen LogP contribution is -1.98. The molecule has 0 amide bonds. The second-order valence-electron chi connectivity index (χ2n) is 4.15. The third-order valence-corrected chi connectivity index (χ3v) is 2.77. The van der Waals surface area contributed by atoms with E-state index in [0.717, 1.165) is 12.0 Å². The van der Waals surface area contributed by atoms with Crippen LogP contribution in [-0.4, -0.2) is 0 Å². The van der Waals surface area contributed by atoms with Crippen LogP contribution in [0.3, 0.4) is 0 Å². The Morgan fingerprint density at radius 2 is 1.89 bits per heavy atom. The summed E-state index contributed by atoms with van der Waals surface area (Å²) in [5.74, 6) is 0.158. The van der Waals surface area contributed by atoms with Crippen molar-refractivity contribution in [3.8, 4) is 5.75 Å². The molecule has 0 fully saturated rings. The lowest BCUT2D eigenvalue weighted by atomic mass is 10.1. The summed E-state index contributed by atoms with van der Waals surface area (Å²) in [5, 5.41) is 0. The van der Waals surface area contributed by atoms with Crippen LogP contribution in [0.15, 0.2) is 42.5 Å². The maximum Gasteiger partial charge on any atom is 0.146 e. The van der Waals surface area contributed by atoms with Crippen LogP contribution in [0.2, 0.25) is 0 Å². The molecule has 0 aliphatic rings. The largest absolute Gasteiger partial charge is 0.489 e. The average Bonchev–Trinajstić information content (AvgIpc) is 2.40. The Bertz CT molecular complexity index is 540. The van der Waals surface area contributed by atoms with Gasteiger partial charge < -0.3 is 10.5 Å². The molecule has 2 aromatic carbocycles. The van der Waals surface area contributed by atoms with Crippen molar-refractivity contribution in [2.45, 2.75) is 20.0 Å². The first-order valence-corrected chi connectivity index (χ1v) is 5.94. The predicted octanol–water partition coefficient (Wildman–Crippen LogP) is 3.55. The minimum absolute atomic E-state index is 0.106. The maximum atomic E-state index is 13.0. The summed E-state index contributed by atoms with van der Waals surface area (Å²) >= 11 is 0. The van der Waals surface area contributed by atoms with Gasteiger partial charge in [-0.05, 0) is 29.7 Å². The van der Waals surface area contributed by atoms with Crippen molar-refractivity contribution in [3.63, 3.8) is 0 Å². The monoisotopic (exact) mass is 245 g/mol. The molecule has 0 spiro atoms. The molecule has 0 aliphatic heterocycles. The molecule has 0 aromatic heterocycles. The van der Waals surface area contributed by atoms with Crippen molar-refractivity contribution in [2.75, 3.05) is 5.73 Å². The number of ether oxygens (including phenoxy) is 1. The molecule has 0 saturated carbocycles. The van der Waals surface area contributed by atoms with Gasteiger partial charge in [-0.3, -0.25) is 0 Å². The highest BCUT2D eigenvalue weighted by Crippen LogP contribution is 2.19. The van der Waals surface area contributed by atoms with Crippen LogP contribution in [0.25, 0.3) is 0 Å². The predicted molar refractivity (Wildman–Crippen MR) is 71.0 cm³/mol. The van der Waals surface area contributed by atoms with Gasteiger partial charge in [0.15, 0.2) is 0 Å². The Morgan fingerprint density at radius 1 is 1.11 bits per heavy atom. The molecule has 0 aliphatic carbocycles. The van der Waals surface area contributed by atoms with Crippen LogP contribution in [0.4, 0.5) is 10.1 Å². The smallest absolute Gasteiger partial charge is 0.146 e. The Labute approximate surface area is 106 Å². The van der Waals surface area contributed by atoms with E-state index in [-0.39, 0.29) is 5.69 Å². The number of hydrogen-bond acceptors (Lipinski definition) is 2. The molecule has 2 rings (SSSR count). The van der Waals surface area contributed by atoms with Gasteiger partial charge in [-0.1, -0.05) is 31.2 Å². The van der Waals surface area contributed by atoms with Crippen molar-refractivity contribution in [3.05, 3.63) is 59.4 Å². The molecule has 0 heterocycles. The number of aryl methyl sites for hydroxylation is 1. The maximum absolute atomic E-state index is 13.0. The summed E-state index contributed by atoms with van der Waals surface area (Å²) in [7, 11) is 0. The van der Waals surface area contributed by atoms with Crippen LogP contribution in [0, 0.1) is 5.82 Å².